The van der Waals surface area contributed by atoms with Crippen molar-refractivity contribution in [2.24, 2.45) is 5.92 Å². The molecule has 0 amide bonds. The maximum Gasteiger partial charge on any atom is 0.250 e. The molecular weight excluding hydrogens is 444 g/mol. The van der Waals surface area contributed by atoms with Gasteiger partial charge in [-0.1, -0.05) is 18.5 Å². The first-order chi connectivity index (χ1) is 14.0. The Morgan fingerprint density at radius 2 is 2.07 bits per heavy atom. The molecule has 0 radical (unpaired) electrons. The van der Waals surface area contributed by atoms with Crippen LogP contribution >= 0.6 is 22.9 Å². The van der Waals surface area contributed by atoms with Crippen LogP contribution in [0.3, 0.4) is 0 Å². The SMILES string of the molecule is CC1CC1c1cc(Nc2nc(-c3ccc(S(=O)(=O)NC(C)(C)C)s3)ncc2Cl)n[nH]1.[HH].[HH].[HH]. The monoisotopic (exact) mass is 472 g/mol. The molecule has 0 aliphatic heterocycles. The summed E-state index contributed by atoms with van der Waals surface area (Å²) in [6.07, 6.45) is 2.65. The van der Waals surface area contributed by atoms with Gasteiger partial charge in [-0.25, -0.2) is 23.1 Å². The molecule has 3 N–H and O–H groups in total. The number of nitrogens with zero attached hydrogens (tertiary/aromatic N) is 3. The zero-order valence-corrected chi connectivity index (χ0v) is 19.4. The molecular formula is C19H29ClN6O2S2. The molecule has 0 spiro atoms. The second-order valence-electron chi connectivity index (χ2n) is 8.52. The lowest BCUT2D eigenvalue weighted by molar-refractivity contribution is 0.492. The number of hydrogen-bond donors (Lipinski definition) is 3. The Bertz CT molecular complexity index is 1200. The standard InChI is InChI=1S/C19H23ClN6O2S2.3H2/c1-10-7-11(10)13-8-15(25-24-13)22-17-12(20)9-21-18(23-17)14-5-6-16(29-14)30(27,28)26-19(2,3)4;;;/h5-6,8-11,26H,7H2,1-4H3,(H2,21,22,23,24,25);3*1H. The fourth-order valence-electron chi connectivity index (χ4n) is 3.08. The first-order valence-electron chi connectivity index (χ1n) is 9.51. The highest BCUT2D eigenvalue weighted by atomic mass is 35.5. The van der Waals surface area contributed by atoms with Crippen LogP contribution in [-0.4, -0.2) is 34.1 Å². The minimum Gasteiger partial charge on any atom is -0.322 e. The van der Waals surface area contributed by atoms with Crippen molar-refractivity contribution in [1.29, 1.82) is 0 Å². The van der Waals surface area contributed by atoms with Gasteiger partial charge in [-0.2, -0.15) is 5.10 Å². The zero-order chi connectivity index (χ0) is 21.7. The number of thiophene rings is 1. The van der Waals surface area contributed by atoms with E-state index in [1.165, 1.54) is 6.20 Å². The molecule has 1 aliphatic carbocycles. The summed E-state index contributed by atoms with van der Waals surface area (Å²) < 4.78 is 28.0. The lowest BCUT2D eigenvalue weighted by atomic mass is 10.1. The summed E-state index contributed by atoms with van der Waals surface area (Å²) in [6.45, 7) is 7.59. The van der Waals surface area contributed by atoms with Crippen LogP contribution in [0.1, 0.15) is 50.0 Å². The predicted molar refractivity (Wildman–Crippen MR) is 125 cm³/mol. The van der Waals surface area contributed by atoms with Gasteiger partial charge in [-0.05, 0) is 45.2 Å². The highest BCUT2D eigenvalue weighted by Gasteiger charge is 2.35. The topological polar surface area (TPSA) is 113 Å². The van der Waals surface area contributed by atoms with E-state index < -0.39 is 15.6 Å². The van der Waals surface area contributed by atoms with Gasteiger partial charge >= 0.3 is 0 Å². The second kappa shape index (κ2) is 7.60. The Labute approximate surface area is 189 Å². The molecule has 1 fully saturated rings. The van der Waals surface area contributed by atoms with E-state index >= 15 is 0 Å². The fraction of sp³-hybridized carbons (Fsp3) is 0.421. The van der Waals surface area contributed by atoms with Crippen molar-refractivity contribution in [2.45, 2.75) is 49.8 Å². The van der Waals surface area contributed by atoms with E-state index in [0.29, 0.717) is 39.2 Å². The highest BCUT2D eigenvalue weighted by molar-refractivity contribution is 7.91. The average molecular weight is 473 g/mol. The number of hydrogen-bond acceptors (Lipinski definition) is 7. The summed E-state index contributed by atoms with van der Waals surface area (Å²) in [5.41, 5.74) is 0.521. The number of aromatic nitrogens is 4. The van der Waals surface area contributed by atoms with Crippen LogP contribution in [0.15, 0.2) is 28.6 Å². The minimum absolute atomic E-state index is 0. The van der Waals surface area contributed by atoms with Gasteiger partial charge in [0.15, 0.2) is 17.5 Å². The van der Waals surface area contributed by atoms with Crippen molar-refractivity contribution in [3.8, 4) is 10.7 Å². The number of halogens is 1. The Kier molecular flexibility index (Phi) is 5.38. The van der Waals surface area contributed by atoms with Gasteiger partial charge in [0.2, 0.25) is 0 Å². The summed E-state index contributed by atoms with van der Waals surface area (Å²) in [5, 5.41) is 10.8. The van der Waals surface area contributed by atoms with Gasteiger partial charge in [-0.3, -0.25) is 5.10 Å². The molecule has 3 heterocycles. The van der Waals surface area contributed by atoms with Crippen LogP contribution in [0.5, 0.6) is 0 Å². The molecule has 2 unspecified atom stereocenters. The summed E-state index contributed by atoms with van der Waals surface area (Å²) in [6, 6.07) is 5.20. The van der Waals surface area contributed by atoms with E-state index in [2.05, 4.69) is 37.1 Å². The first kappa shape index (κ1) is 21.2. The molecule has 3 aromatic heterocycles. The Morgan fingerprint density at radius 1 is 1.33 bits per heavy atom. The van der Waals surface area contributed by atoms with Gasteiger partial charge in [0.25, 0.3) is 10.0 Å². The van der Waals surface area contributed by atoms with Crippen LogP contribution in [0, 0.1) is 5.92 Å². The van der Waals surface area contributed by atoms with Crippen LogP contribution in [0.4, 0.5) is 11.6 Å². The van der Waals surface area contributed by atoms with Gasteiger partial charge in [0.05, 0.1) is 11.1 Å². The van der Waals surface area contributed by atoms with Gasteiger partial charge in [0, 0.05) is 27.5 Å². The lowest BCUT2D eigenvalue weighted by Crippen LogP contribution is -2.40. The zero-order valence-electron chi connectivity index (χ0n) is 17.0. The smallest absolute Gasteiger partial charge is 0.250 e. The molecule has 30 heavy (non-hydrogen) atoms. The van der Waals surface area contributed by atoms with Gasteiger partial charge in [0.1, 0.15) is 9.23 Å². The van der Waals surface area contributed by atoms with Crippen LogP contribution < -0.4 is 10.0 Å². The molecule has 3 aromatic rings. The number of rotatable bonds is 6. The van der Waals surface area contributed by atoms with Gasteiger partial charge < -0.3 is 5.32 Å². The molecule has 2 atom stereocenters. The number of aromatic amines is 1. The largest absolute Gasteiger partial charge is 0.322 e. The van der Waals surface area contributed by atoms with E-state index in [9.17, 15) is 8.42 Å². The summed E-state index contributed by atoms with van der Waals surface area (Å²) in [5.74, 6) is 2.62. The Morgan fingerprint density at radius 3 is 2.73 bits per heavy atom. The molecule has 0 aromatic carbocycles. The normalized spacial score (nSPS) is 19.1. The molecule has 8 nitrogen and oxygen atoms in total. The molecule has 166 valence electrons. The third-order valence-corrected chi connectivity index (χ3v) is 8.21. The summed E-state index contributed by atoms with van der Waals surface area (Å²) >= 11 is 7.36. The first-order valence-corrected chi connectivity index (χ1v) is 12.2. The third kappa shape index (κ3) is 4.66. The molecule has 11 heteroatoms. The molecule has 0 saturated heterocycles. The van der Waals surface area contributed by atoms with Crippen molar-refractivity contribution in [3.63, 3.8) is 0 Å². The van der Waals surface area contributed by atoms with E-state index in [4.69, 9.17) is 11.6 Å². The third-order valence-electron chi connectivity index (χ3n) is 4.60. The highest BCUT2D eigenvalue weighted by Crippen LogP contribution is 2.46. The van der Waals surface area contributed by atoms with Gasteiger partial charge in [-0.15, -0.1) is 11.3 Å². The van der Waals surface area contributed by atoms with E-state index in [-0.39, 0.29) is 8.49 Å². The molecule has 1 saturated carbocycles. The molecule has 4 rings (SSSR count). The maximum atomic E-state index is 12.6. The summed E-state index contributed by atoms with van der Waals surface area (Å²) in [4.78, 5) is 9.36. The van der Waals surface area contributed by atoms with Crippen molar-refractivity contribution < 1.29 is 12.7 Å². The molecule has 1 aliphatic rings. The maximum absolute atomic E-state index is 12.6. The lowest BCUT2D eigenvalue weighted by Gasteiger charge is -2.19. The number of sulfonamides is 1. The number of H-pyrrole nitrogens is 1. The number of anilines is 2. The quantitative estimate of drug-likeness (QED) is 0.450. The Hall–Kier alpha value is -2.01. The van der Waals surface area contributed by atoms with Crippen molar-refractivity contribution in [1.82, 2.24) is 24.9 Å². The van der Waals surface area contributed by atoms with Crippen LogP contribution in [-0.2, 0) is 10.0 Å². The van der Waals surface area contributed by atoms with E-state index in [1.54, 1.807) is 32.9 Å². The predicted octanol–water partition coefficient (Wildman–Crippen LogP) is 5.26. The van der Waals surface area contributed by atoms with Crippen molar-refractivity contribution in [2.75, 3.05) is 5.32 Å². The van der Waals surface area contributed by atoms with E-state index in [0.717, 1.165) is 23.5 Å². The fourth-order valence-corrected chi connectivity index (χ4v) is 5.88. The number of nitrogens with one attached hydrogen (secondary N) is 3. The Balaban J connectivity index is 0.00000181. The minimum atomic E-state index is -3.62. The van der Waals surface area contributed by atoms with Crippen LogP contribution in [0.25, 0.3) is 10.7 Å². The second-order valence-corrected chi connectivity index (χ2v) is 11.9. The summed E-state index contributed by atoms with van der Waals surface area (Å²) in [7, 11) is -3.62. The van der Waals surface area contributed by atoms with Crippen molar-refractivity contribution in [3.05, 3.63) is 35.1 Å². The molecule has 0 bridgehead atoms. The van der Waals surface area contributed by atoms with E-state index in [1.807, 2.05) is 6.07 Å². The average Bonchev–Trinajstić information content (AvgIpc) is 3.04. The van der Waals surface area contributed by atoms with Crippen molar-refractivity contribution >= 4 is 44.6 Å². The van der Waals surface area contributed by atoms with Crippen LogP contribution in [0.2, 0.25) is 5.02 Å².